The average Bonchev–Trinajstić information content (AvgIpc) is 3.58. The molecule has 0 unspecified atom stereocenters. The van der Waals surface area contributed by atoms with Gasteiger partial charge in [-0.15, -0.1) is 0 Å². The molecule has 4 aromatic heterocycles. The van der Waals surface area contributed by atoms with Gasteiger partial charge >= 0.3 is 0 Å². The van der Waals surface area contributed by atoms with Gasteiger partial charge in [-0.05, 0) is 54.2 Å². The lowest BCUT2D eigenvalue weighted by Gasteiger charge is -2.14. The summed E-state index contributed by atoms with van der Waals surface area (Å²) >= 11 is 0. The second-order valence-corrected chi connectivity index (χ2v) is 11.2. The number of aromatic nitrogens is 4. The molecule has 0 atom stereocenters. The van der Waals surface area contributed by atoms with E-state index in [4.69, 9.17) is 14.1 Å². The first kappa shape index (κ1) is 20.2. The summed E-state index contributed by atoms with van der Waals surface area (Å²) in [5.41, 5.74) is 7.90. The quantitative estimate of drug-likeness (QED) is 0.214. The minimum absolute atomic E-state index is 0.00998. The van der Waals surface area contributed by atoms with E-state index >= 15 is 0 Å². The van der Waals surface area contributed by atoms with Crippen LogP contribution in [0.1, 0.15) is 9.68 Å². The fourth-order valence-corrected chi connectivity index (χ4v) is 7.12. The van der Waals surface area contributed by atoms with Crippen molar-refractivity contribution < 1.29 is 4.11 Å². The second kappa shape index (κ2) is 8.17. The molecule has 6 aromatic carbocycles. The van der Waals surface area contributed by atoms with Crippen LogP contribution in [-0.4, -0.2) is 18.9 Å². The predicted molar refractivity (Wildman–Crippen MR) is 179 cm³/mol. The number of benzene rings is 6. The molecule has 0 saturated heterocycles. The smallest absolute Gasteiger partial charge is 0.165 e. The zero-order valence-electron chi connectivity index (χ0n) is 26.2. The highest BCUT2D eigenvalue weighted by molar-refractivity contribution is 6.31. The summed E-state index contributed by atoms with van der Waals surface area (Å²) in [4.78, 5) is 10.2. The van der Waals surface area contributed by atoms with Crippen LogP contribution in [0.25, 0.3) is 88.0 Å². The summed E-state index contributed by atoms with van der Waals surface area (Å²) in [6.45, 7) is 1.71. The lowest BCUT2D eigenvalue weighted by atomic mass is 10.0. The van der Waals surface area contributed by atoms with Crippen LogP contribution in [0.4, 0.5) is 0 Å². The van der Waals surface area contributed by atoms with Crippen LogP contribution in [0.3, 0.4) is 0 Å². The molecule has 200 valence electrons. The lowest BCUT2D eigenvalue weighted by molar-refractivity contribution is 1.08. The van der Waals surface area contributed by atoms with Crippen molar-refractivity contribution in [2.45, 2.75) is 6.92 Å². The van der Waals surface area contributed by atoms with Crippen LogP contribution < -0.4 is 0 Å². The molecule has 43 heavy (non-hydrogen) atoms. The van der Waals surface area contributed by atoms with Gasteiger partial charge in [-0.3, -0.25) is 4.57 Å². The van der Waals surface area contributed by atoms with Crippen molar-refractivity contribution in [3.05, 3.63) is 133 Å². The summed E-state index contributed by atoms with van der Waals surface area (Å²) in [7, 11) is 0. The maximum atomic E-state index is 8.94. The summed E-state index contributed by atoms with van der Waals surface area (Å²) in [6, 6.07) is 38.1. The van der Waals surface area contributed by atoms with Gasteiger partial charge in [0.1, 0.15) is 5.69 Å². The van der Waals surface area contributed by atoms with Crippen LogP contribution in [0.2, 0.25) is 0 Å². The molecular formula is C39H24N4. The van der Waals surface area contributed by atoms with Crippen LogP contribution in [0.15, 0.2) is 127 Å². The van der Waals surface area contributed by atoms with Crippen molar-refractivity contribution in [1.29, 1.82) is 0 Å². The Morgan fingerprint density at radius 2 is 1.21 bits per heavy atom. The van der Waals surface area contributed by atoms with E-state index in [1.54, 1.807) is 6.92 Å². The minimum Gasteiger partial charge on any atom is -0.308 e. The molecule has 10 aromatic rings. The lowest BCUT2D eigenvalue weighted by Crippen LogP contribution is -2.04. The van der Waals surface area contributed by atoms with Gasteiger partial charge in [0, 0.05) is 32.5 Å². The fourth-order valence-electron chi connectivity index (χ4n) is 7.12. The highest BCUT2D eigenvalue weighted by Gasteiger charge is 2.24. The maximum absolute atomic E-state index is 8.94. The fraction of sp³-hybridized carbons (Fsp3) is 0.0256. The SMILES string of the molecule is [2H]c1c(C)c([2H])c2nc(-n3c4cccc5c6cccc7c8ccccc8n(c8cccc3c8c54)c67)c(-c3ccccc3)nc2c1[2H]. The van der Waals surface area contributed by atoms with Gasteiger partial charge in [0.25, 0.3) is 0 Å². The van der Waals surface area contributed by atoms with Gasteiger partial charge in [-0.2, -0.15) is 0 Å². The van der Waals surface area contributed by atoms with Gasteiger partial charge in [0.05, 0.1) is 42.7 Å². The van der Waals surface area contributed by atoms with Gasteiger partial charge in [0.15, 0.2) is 5.82 Å². The van der Waals surface area contributed by atoms with Crippen LogP contribution >= 0.6 is 0 Å². The second-order valence-electron chi connectivity index (χ2n) is 11.2. The summed E-state index contributed by atoms with van der Waals surface area (Å²) < 4.78 is 30.8. The summed E-state index contributed by atoms with van der Waals surface area (Å²) in [6.07, 6.45) is 0. The van der Waals surface area contributed by atoms with E-state index in [0.717, 1.165) is 43.8 Å². The number of hydrogen-bond donors (Lipinski definition) is 0. The number of fused-ring (bicyclic) bond motifs is 6. The predicted octanol–water partition coefficient (Wildman–Crippen LogP) is 9.85. The topological polar surface area (TPSA) is 35.1 Å². The first-order chi connectivity index (χ1) is 22.5. The minimum atomic E-state index is -0.0129. The third kappa shape index (κ3) is 2.94. The van der Waals surface area contributed by atoms with Crippen LogP contribution in [0, 0.1) is 6.92 Å². The Bertz CT molecular complexity index is 2900. The van der Waals surface area contributed by atoms with E-state index in [9.17, 15) is 0 Å². The zero-order chi connectivity index (χ0) is 30.8. The van der Waals surface area contributed by atoms with E-state index in [1.165, 1.54) is 21.7 Å². The molecule has 4 heterocycles. The molecule has 0 aliphatic rings. The number of nitrogens with zero attached hydrogens (tertiary/aromatic N) is 4. The Labute approximate surface area is 250 Å². The van der Waals surface area contributed by atoms with Crippen LogP contribution in [-0.2, 0) is 0 Å². The Morgan fingerprint density at radius 1 is 0.558 bits per heavy atom. The third-order valence-electron chi connectivity index (χ3n) is 8.83. The first-order valence-electron chi connectivity index (χ1n) is 16.0. The van der Waals surface area contributed by atoms with Crippen molar-refractivity contribution in [3.63, 3.8) is 0 Å². The number of para-hydroxylation sites is 2. The van der Waals surface area contributed by atoms with E-state index in [1.807, 2.05) is 30.3 Å². The molecular weight excluding hydrogens is 524 g/mol. The van der Waals surface area contributed by atoms with E-state index in [-0.39, 0.29) is 23.6 Å². The molecule has 0 spiro atoms. The molecule has 10 rings (SSSR count). The molecule has 0 saturated carbocycles. The van der Waals surface area contributed by atoms with Crippen molar-refractivity contribution in [1.82, 2.24) is 18.9 Å². The van der Waals surface area contributed by atoms with E-state index in [2.05, 4.69) is 87.8 Å². The van der Waals surface area contributed by atoms with Gasteiger partial charge < -0.3 is 4.40 Å². The number of rotatable bonds is 2. The van der Waals surface area contributed by atoms with Gasteiger partial charge in [-0.25, -0.2) is 9.97 Å². The molecule has 4 heteroatoms. The average molecular weight is 552 g/mol. The standard InChI is InChI=1S/C39H24N4/c1-23-20-21-29-30(22-23)41-39(37(40-29)24-10-3-2-4-11-24)43-32-17-8-13-26-28-15-7-14-27-25-12-5-6-16-31(25)42(38(27)28)33-18-9-19-34(43)36(33)35(26)32/h2-22H,1H3/i20D,21D,22D. The first-order valence-corrected chi connectivity index (χ1v) is 14.5. The van der Waals surface area contributed by atoms with Crippen molar-refractivity contribution in [2.75, 3.05) is 0 Å². The Balaban J connectivity index is 1.48. The third-order valence-corrected chi connectivity index (χ3v) is 8.83. The Hall–Kier alpha value is -5.74. The highest BCUT2D eigenvalue weighted by Crippen LogP contribution is 2.44. The number of hydrogen-bond acceptors (Lipinski definition) is 2. The normalized spacial score (nSPS) is 13.3. The van der Waals surface area contributed by atoms with E-state index in [0.29, 0.717) is 22.6 Å². The van der Waals surface area contributed by atoms with Gasteiger partial charge in [-0.1, -0.05) is 91.0 Å². The molecule has 4 nitrogen and oxygen atoms in total. The molecule has 0 aliphatic carbocycles. The van der Waals surface area contributed by atoms with E-state index < -0.39 is 0 Å². The molecule has 0 bridgehead atoms. The van der Waals surface area contributed by atoms with Gasteiger partial charge in [0.2, 0.25) is 0 Å². The Kier molecular flexibility index (Phi) is 3.84. The van der Waals surface area contributed by atoms with Crippen molar-refractivity contribution >= 4 is 70.9 Å². The highest BCUT2D eigenvalue weighted by atomic mass is 15.1. The van der Waals surface area contributed by atoms with Crippen molar-refractivity contribution in [2.24, 2.45) is 0 Å². The summed E-state index contributed by atoms with van der Waals surface area (Å²) in [5.74, 6) is 0.592. The monoisotopic (exact) mass is 551 g/mol. The molecule has 0 amide bonds. The molecule has 0 fully saturated rings. The van der Waals surface area contributed by atoms with Crippen LogP contribution in [0.5, 0.6) is 0 Å². The largest absolute Gasteiger partial charge is 0.308 e. The molecule has 0 aliphatic heterocycles. The molecule has 0 N–H and O–H groups in total. The summed E-state index contributed by atoms with van der Waals surface area (Å²) in [5, 5.41) is 7.03. The van der Waals surface area contributed by atoms with Crippen molar-refractivity contribution in [3.8, 4) is 17.1 Å². The Morgan fingerprint density at radius 3 is 2.09 bits per heavy atom. The molecule has 0 radical (unpaired) electrons. The zero-order valence-corrected chi connectivity index (χ0v) is 23.2. The maximum Gasteiger partial charge on any atom is 0.165 e.